The Balaban J connectivity index is 1.67. The topological polar surface area (TPSA) is 70.1 Å². The number of halogens is 1. The van der Waals surface area contributed by atoms with Gasteiger partial charge in [0.15, 0.2) is 6.04 Å². The van der Waals surface area contributed by atoms with Gasteiger partial charge in [-0.1, -0.05) is 109 Å². The quantitative estimate of drug-likeness (QED) is 0.246. The molecule has 6 nitrogen and oxygen atoms in total. The number of amides is 2. The third kappa shape index (κ3) is 3.82. The van der Waals surface area contributed by atoms with Crippen LogP contribution in [0.4, 0.5) is 4.79 Å². The van der Waals surface area contributed by atoms with Crippen LogP contribution >= 0.6 is 11.6 Å². The molecule has 6 rings (SSSR count). The van der Waals surface area contributed by atoms with Crippen molar-refractivity contribution in [2.75, 3.05) is 13.0 Å². The second kappa shape index (κ2) is 10.5. The number of esters is 1. The summed E-state index contributed by atoms with van der Waals surface area (Å²) in [7, 11) is 1.31. The van der Waals surface area contributed by atoms with Gasteiger partial charge in [0.1, 0.15) is 5.54 Å². The molecule has 0 aromatic heterocycles. The smallest absolute Gasteiger partial charge is 0.330 e. The van der Waals surface area contributed by atoms with Gasteiger partial charge in [0.2, 0.25) is 0 Å². The second-order valence-electron chi connectivity index (χ2n) is 10.1. The number of methoxy groups -OCH3 is 1. The van der Waals surface area contributed by atoms with Gasteiger partial charge in [-0.2, -0.15) is 0 Å². The predicted octanol–water partition coefficient (Wildman–Crippen LogP) is 5.41. The highest BCUT2D eigenvalue weighted by Gasteiger charge is 2.63. The van der Waals surface area contributed by atoms with Crippen LogP contribution in [-0.2, 0) is 21.6 Å². The normalized spacial score (nSPS) is 19.7. The number of nitrogens with zero attached hydrogens (tertiary/aromatic N) is 2. The van der Waals surface area contributed by atoms with E-state index in [4.69, 9.17) is 16.3 Å². The van der Waals surface area contributed by atoms with E-state index in [2.05, 4.69) is 0 Å². The number of ether oxygens (including phenoxy) is 1. The Hall–Kier alpha value is -4.13. The molecule has 1 aliphatic carbocycles. The van der Waals surface area contributed by atoms with Crippen LogP contribution < -0.4 is 0 Å². The van der Waals surface area contributed by atoms with Crippen molar-refractivity contribution in [1.29, 1.82) is 0 Å². The summed E-state index contributed by atoms with van der Waals surface area (Å²) in [5, 5.41) is 11.3. The number of fused-ring (bicyclic) bond motifs is 3. The molecular formula is C33H29ClN2O4. The van der Waals surface area contributed by atoms with E-state index in [0.717, 1.165) is 33.4 Å². The fourth-order valence-corrected chi connectivity index (χ4v) is 6.67. The number of aliphatic hydroxyl groups excluding tert-OH is 1. The maximum absolute atomic E-state index is 14.8. The monoisotopic (exact) mass is 552 g/mol. The standard InChI is InChI=1S/C33H29ClN2O4/c1-40-31(38)30-29(28(37)20-34)35(21-22-12-4-2-5-13-22)32(39)36(30)33(23-14-6-3-7-15-23)26-18-10-8-16-24(26)25-17-9-11-19-27(25)33/h2-19,28-30,37H,20-21H2,1H3/t28-,29-,30+/m1/s1. The Kier molecular flexibility index (Phi) is 6.82. The first-order chi connectivity index (χ1) is 19.5. The van der Waals surface area contributed by atoms with Gasteiger partial charge in [0, 0.05) is 6.54 Å². The zero-order valence-corrected chi connectivity index (χ0v) is 22.7. The summed E-state index contributed by atoms with van der Waals surface area (Å²) in [5.41, 5.74) is 4.25. The minimum absolute atomic E-state index is 0.157. The van der Waals surface area contributed by atoms with Crippen LogP contribution in [-0.4, -0.2) is 58.1 Å². The molecule has 2 amide bonds. The van der Waals surface area contributed by atoms with E-state index in [-0.39, 0.29) is 18.5 Å². The van der Waals surface area contributed by atoms with Crippen molar-refractivity contribution in [3.63, 3.8) is 0 Å². The minimum Gasteiger partial charge on any atom is -0.467 e. The molecule has 7 heteroatoms. The summed E-state index contributed by atoms with van der Waals surface area (Å²) in [6, 6.07) is 32.7. The number of aliphatic hydroxyl groups is 1. The predicted molar refractivity (Wildman–Crippen MR) is 154 cm³/mol. The lowest BCUT2D eigenvalue weighted by Crippen LogP contribution is -2.57. The third-order valence-electron chi connectivity index (χ3n) is 8.08. The maximum atomic E-state index is 14.8. The molecule has 1 saturated heterocycles. The largest absolute Gasteiger partial charge is 0.467 e. The van der Waals surface area contributed by atoms with Crippen LogP contribution in [0, 0.1) is 0 Å². The summed E-state index contributed by atoms with van der Waals surface area (Å²) in [6.07, 6.45) is -1.18. The average Bonchev–Trinajstić information content (AvgIpc) is 3.47. The van der Waals surface area contributed by atoms with Gasteiger partial charge in [-0.25, -0.2) is 9.59 Å². The molecule has 202 valence electrons. The van der Waals surface area contributed by atoms with Crippen molar-refractivity contribution in [2.24, 2.45) is 0 Å². The lowest BCUT2D eigenvalue weighted by molar-refractivity contribution is -0.148. The van der Waals surface area contributed by atoms with Crippen molar-refractivity contribution in [1.82, 2.24) is 9.80 Å². The highest BCUT2D eigenvalue weighted by molar-refractivity contribution is 6.18. The zero-order chi connectivity index (χ0) is 27.9. The van der Waals surface area contributed by atoms with Crippen molar-refractivity contribution in [2.45, 2.75) is 30.3 Å². The fraction of sp³-hybridized carbons (Fsp3) is 0.212. The van der Waals surface area contributed by atoms with E-state index in [1.807, 2.05) is 109 Å². The Morgan fingerprint density at radius 1 is 0.875 bits per heavy atom. The number of carbonyl (C=O) groups excluding carboxylic acids is 2. The van der Waals surface area contributed by atoms with Crippen LogP contribution in [0.15, 0.2) is 109 Å². The lowest BCUT2D eigenvalue weighted by Gasteiger charge is -2.43. The van der Waals surface area contributed by atoms with Crippen LogP contribution in [0.25, 0.3) is 11.1 Å². The van der Waals surface area contributed by atoms with Gasteiger partial charge < -0.3 is 14.7 Å². The van der Waals surface area contributed by atoms with Crippen molar-refractivity contribution in [3.8, 4) is 11.1 Å². The van der Waals surface area contributed by atoms with E-state index >= 15 is 0 Å². The summed E-state index contributed by atoms with van der Waals surface area (Å²) >= 11 is 6.22. The molecule has 1 fully saturated rings. The highest BCUT2D eigenvalue weighted by atomic mass is 35.5. The van der Waals surface area contributed by atoms with Gasteiger partial charge in [0.05, 0.1) is 25.1 Å². The molecule has 0 unspecified atom stereocenters. The van der Waals surface area contributed by atoms with Crippen molar-refractivity contribution in [3.05, 3.63) is 131 Å². The first kappa shape index (κ1) is 26.1. The van der Waals surface area contributed by atoms with E-state index < -0.39 is 29.7 Å². The number of benzene rings is 4. The van der Waals surface area contributed by atoms with Crippen molar-refractivity contribution < 1.29 is 19.4 Å². The van der Waals surface area contributed by atoms with E-state index in [1.165, 1.54) is 7.11 Å². The molecule has 1 N–H and O–H groups in total. The molecule has 0 saturated carbocycles. The van der Waals surface area contributed by atoms with Crippen LogP contribution in [0.2, 0.25) is 0 Å². The second-order valence-corrected chi connectivity index (χ2v) is 10.4. The molecule has 2 aliphatic rings. The molecule has 4 aromatic carbocycles. The first-order valence-electron chi connectivity index (χ1n) is 13.2. The molecular weight excluding hydrogens is 524 g/mol. The van der Waals surface area contributed by atoms with E-state index in [0.29, 0.717) is 0 Å². The van der Waals surface area contributed by atoms with Gasteiger partial charge in [-0.05, 0) is 33.4 Å². The van der Waals surface area contributed by atoms with Gasteiger partial charge in [-0.15, -0.1) is 11.6 Å². The number of rotatable bonds is 7. The number of alkyl halides is 1. The molecule has 0 spiro atoms. The average molecular weight is 553 g/mol. The molecule has 40 heavy (non-hydrogen) atoms. The SMILES string of the molecule is COC(=O)[C@@H]1[C@@H]([C@H](O)CCl)N(Cc2ccccc2)C(=O)N1C1(c2ccccc2)c2ccccc2-c2ccccc21. The number of hydrogen-bond acceptors (Lipinski definition) is 4. The Labute approximate surface area is 238 Å². The minimum atomic E-state index is -1.18. The van der Waals surface area contributed by atoms with E-state index in [1.54, 1.807) is 9.80 Å². The van der Waals surface area contributed by atoms with Crippen LogP contribution in [0.5, 0.6) is 0 Å². The third-order valence-corrected chi connectivity index (χ3v) is 8.40. The van der Waals surface area contributed by atoms with Crippen molar-refractivity contribution >= 4 is 23.6 Å². The molecule has 1 heterocycles. The van der Waals surface area contributed by atoms with E-state index in [9.17, 15) is 14.7 Å². The number of carbonyl (C=O) groups is 2. The van der Waals surface area contributed by atoms with Crippen LogP contribution in [0.3, 0.4) is 0 Å². The summed E-state index contributed by atoms with van der Waals surface area (Å²) in [5.74, 6) is -0.772. The van der Waals surface area contributed by atoms with Gasteiger partial charge >= 0.3 is 12.0 Å². The zero-order valence-electron chi connectivity index (χ0n) is 22.0. The molecule has 0 radical (unpaired) electrons. The maximum Gasteiger partial charge on any atom is 0.330 e. The Morgan fingerprint density at radius 3 is 1.95 bits per heavy atom. The Bertz CT molecular complexity index is 1500. The van der Waals surface area contributed by atoms with Gasteiger partial charge in [-0.3, -0.25) is 4.90 Å². The fourth-order valence-electron chi connectivity index (χ4n) is 6.49. The Morgan fingerprint density at radius 2 is 1.40 bits per heavy atom. The van der Waals surface area contributed by atoms with Crippen LogP contribution in [0.1, 0.15) is 22.3 Å². The molecule has 4 aromatic rings. The lowest BCUT2D eigenvalue weighted by atomic mass is 9.78. The molecule has 3 atom stereocenters. The summed E-state index contributed by atoms with van der Waals surface area (Å²) in [4.78, 5) is 31.8. The number of urea groups is 1. The summed E-state index contributed by atoms with van der Waals surface area (Å²) < 4.78 is 5.34. The van der Waals surface area contributed by atoms with Gasteiger partial charge in [0.25, 0.3) is 0 Å². The summed E-state index contributed by atoms with van der Waals surface area (Å²) in [6.45, 7) is 0.191. The highest BCUT2D eigenvalue weighted by Crippen LogP contribution is 2.56. The first-order valence-corrected chi connectivity index (χ1v) is 13.8. The number of hydrogen-bond donors (Lipinski definition) is 1. The molecule has 1 aliphatic heterocycles. The molecule has 0 bridgehead atoms.